The quantitative estimate of drug-likeness (QED) is 0.802. The van der Waals surface area contributed by atoms with Gasteiger partial charge in [0, 0.05) is 50.5 Å². The van der Waals surface area contributed by atoms with E-state index in [-0.39, 0.29) is 30.0 Å². The number of halogens is 1. The number of aryl methyl sites for hydroxylation is 2. The van der Waals surface area contributed by atoms with Gasteiger partial charge in [-0.25, -0.2) is 4.39 Å². The average Bonchev–Trinajstić information content (AvgIpc) is 3.09. The van der Waals surface area contributed by atoms with Crippen LogP contribution < -0.4 is 9.80 Å². The molecule has 0 saturated carbocycles. The molecule has 4 rings (SSSR count). The van der Waals surface area contributed by atoms with E-state index in [9.17, 15) is 14.0 Å². The number of piperazine rings is 1. The summed E-state index contributed by atoms with van der Waals surface area (Å²) >= 11 is 0. The van der Waals surface area contributed by atoms with Gasteiger partial charge in [-0.05, 0) is 61.4 Å². The summed E-state index contributed by atoms with van der Waals surface area (Å²) in [7, 11) is 0. The van der Waals surface area contributed by atoms with E-state index in [1.807, 2.05) is 30.9 Å². The fourth-order valence-corrected chi connectivity index (χ4v) is 4.32. The monoisotopic (exact) mass is 395 g/mol. The molecule has 152 valence electrons. The van der Waals surface area contributed by atoms with E-state index >= 15 is 0 Å². The standard InChI is InChI=1S/C23H26FN3O2/c1-16-11-17(2)13-21(12-16)27-15-18(14-22(27)28)23(29)26-9-7-25(8-10-26)20-5-3-19(24)4-6-20/h3-6,11-13,18H,7-10,14-15H2,1-2H3. The summed E-state index contributed by atoms with van der Waals surface area (Å²) in [5.41, 5.74) is 4.07. The smallest absolute Gasteiger partial charge is 0.228 e. The molecule has 0 aromatic heterocycles. The Labute approximate surface area is 170 Å². The Morgan fingerprint density at radius 2 is 1.55 bits per heavy atom. The van der Waals surface area contributed by atoms with Crippen LogP contribution in [0.15, 0.2) is 42.5 Å². The molecule has 29 heavy (non-hydrogen) atoms. The molecule has 0 bridgehead atoms. The summed E-state index contributed by atoms with van der Waals surface area (Å²) in [6.07, 6.45) is 0.268. The molecule has 1 unspecified atom stereocenters. The van der Waals surface area contributed by atoms with Gasteiger partial charge in [0.25, 0.3) is 0 Å². The van der Waals surface area contributed by atoms with Crippen molar-refractivity contribution in [1.29, 1.82) is 0 Å². The predicted molar refractivity (Wildman–Crippen MR) is 112 cm³/mol. The summed E-state index contributed by atoms with van der Waals surface area (Å²) in [6, 6.07) is 12.5. The van der Waals surface area contributed by atoms with Crippen molar-refractivity contribution in [3.63, 3.8) is 0 Å². The SMILES string of the molecule is Cc1cc(C)cc(N2CC(C(=O)N3CCN(c4ccc(F)cc4)CC3)CC2=O)c1. The number of anilines is 2. The van der Waals surface area contributed by atoms with Crippen molar-refractivity contribution < 1.29 is 14.0 Å². The molecule has 2 aromatic carbocycles. The van der Waals surface area contributed by atoms with Crippen LogP contribution in [-0.4, -0.2) is 49.4 Å². The second-order valence-electron chi connectivity index (χ2n) is 8.04. The molecule has 1 atom stereocenters. The van der Waals surface area contributed by atoms with Gasteiger partial charge in [0.15, 0.2) is 0 Å². The number of rotatable bonds is 3. The predicted octanol–water partition coefficient (Wildman–Crippen LogP) is 3.14. The highest BCUT2D eigenvalue weighted by atomic mass is 19.1. The molecular weight excluding hydrogens is 369 g/mol. The van der Waals surface area contributed by atoms with Gasteiger partial charge in [0.2, 0.25) is 11.8 Å². The van der Waals surface area contributed by atoms with Gasteiger partial charge >= 0.3 is 0 Å². The van der Waals surface area contributed by atoms with Gasteiger partial charge in [-0.3, -0.25) is 9.59 Å². The number of carbonyl (C=O) groups excluding carboxylic acids is 2. The van der Waals surface area contributed by atoms with Crippen molar-refractivity contribution in [2.24, 2.45) is 5.92 Å². The minimum atomic E-state index is -0.291. The van der Waals surface area contributed by atoms with Crippen molar-refractivity contribution in [3.8, 4) is 0 Å². The first kappa shape index (κ1) is 19.4. The molecule has 0 N–H and O–H groups in total. The number of benzene rings is 2. The Hall–Kier alpha value is -2.89. The molecule has 0 aliphatic carbocycles. The van der Waals surface area contributed by atoms with Crippen LogP contribution in [0.1, 0.15) is 17.5 Å². The fourth-order valence-electron chi connectivity index (χ4n) is 4.32. The molecule has 2 amide bonds. The van der Waals surface area contributed by atoms with E-state index in [0.717, 1.165) is 22.5 Å². The summed E-state index contributed by atoms with van der Waals surface area (Å²) in [6.45, 7) is 7.12. The van der Waals surface area contributed by atoms with E-state index < -0.39 is 0 Å². The van der Waals surface area contributed by atoms with E-state index in [4.69, 9.17) is 0 Å². The lowest BCUT2D eigenvalue weighted by Crippen LogP contribution is -2.50. The number of carbonyl (C=O) groups is 2. The molecule has 6 heteroatoms. The molecule has 2 fully saturated rings. The van der Waals surface area contributed by atoms with Crippen LogP contribution in [0.3, 0.4) is 0 Å². The maximum atomic E-state index is 13.1. The highest BCUT2D eigenvalue weighted by Crippen LogP contribution is 2.28. The van der Waals surface area contributed by atoms with Gasteiger partial charge in [0.1, 0.15) is 5.82 Å². The maximum Gasteiger partial charge on any atom is 0.228 e. The van der Waals surface area contributed by atoms with Crippen molar-refractivity contribution in [2.75, 3.05) is 42.5 Å². The Bertz CT molecular complexity index is 900. The third kappa shape index (κ3) is 4.11. The first-order valence-electron chi connectivity index (χ1n) is 10.1. The van der Waals surface area contributed by atoms with Crippen LogP contribution in [0.2, 0.25) is 0 Å². The Morgan fingerprint density at radius 1 is 0.931 bits per heavy atom. The molecule has 5 nitrogen and oxygen atoms in total. The second kappa shape index (κ2) is 7.85. The van der Waals surface area contributed by atoms with Crippen molar-refractivity contribution >= 4 is 23.2 Å². The van der Waals surface area contributed by atoms with Gasteiger partial charge in [0.05, 0.1) is 5.92 Å². The zero-order valence-electron chi connectivity index (χ0n) is 16.9. The topological polar surface area (TPSA) is 43.9 Å². The number of hydrogen-bond acceptors (Lipinski definition) is 3. The van der Waals surface area contributed by atoms with Crippen LogP contribution in [0.4, 0.5) is 15.8 Å². The van der Waals surface area contributed by atoms with E-state index in [0.29, 0.717) is 32.7 Å². The Balaban J connectivity index is 1.38. The lowest BCUT2D eigenvalue weighted by atomic mass is 10.1. The Morgan fingerprint density at radius 3 is 2.17 bits per heavy atom. The van der Waals surface area contributed by atoms with Gasteiger partial charge in [-0.1, -0.05) is 6.07 Å². The highest BCUT2D eigenvalue weighted by Gasteiger charge is 2.38. The average molecular weight is 395 g/mol. The van der Waals surface area contributed by atoms with Crippen LogP contribution in [-0.2, 0) is 9.59 Å². The maximum absolute atomic E-state index is 13.1. The molecule has 0 spiro atoms. The lowest BCUT2D eigenvalue weighted by molar-refractivity contribution is -0.136. The Kier molecular flexibility index (Phi) is 5.26. The molecule has 2 aliphatic rings. The first-order valence-corrected chi connectivity index (χ1v) is 10.1. The normalized spacial score (nSPS) is 19.8. The van der Waals surface area contributed by atoms with Crippen molar-refractivity contribution in [2.45, 2.75) is 20.3 Å². The zero-order chi connectivity index (χ0) is 20.5. The molecular formula is C23H26FN3O2. The van der Waals surface area contributed by atoms with Crippen LogP contribution in [0.5, 0.6) is 0 Å². The van der Waals surface area contributed by atoms with Gasteiger partial charge in [-0.15, -0.1) is 0 Å². The summed E-state index contributed by atoms with van der Waals surface area (Å²) in [4.78, 5) is 31.4. The van der Waals surface area contributed by atoms with Crippen LogP contribution in [0.25, 0.3) is 0 Å². The molecule has 0 radical (unpaired) electrons. The number of amides is 2. The van der Waals surface area contributed by atoms with Gasteiger partial charge < -0.3 is 14.7 Å². The molecule has 2 heterocycles. The van der Waals surface area contributed by atoms with Gasteiger partial charge in [-0.2, -0.15) is 0 Å². The van der Waals surface area contributed by atoms with E-state index in [1.165, 1.54) is 12.1 Å². The third-order valence-corrected chi connectivity index (χ3v) is 5.78. The first-order chi connectivity index (χ1) is 13.9. The summed E-state index contributed by atoms with van der Waals surface area (Å²) in [5, 5.41) is 0. The highest BCUT2D eigenvalue weighted by molar-refractivity contribution is 6.00. The van der Waals surface area contributed by atoms with Crippen molar-refractivity contribution in [1.82, 2.24) is 4.90 Å². The molecule has 2 aliphatic heterocycles. The van der Waals surface area contributed by atoms with E-state index in [1.54, 1.807) is 17.0 Å². The molecule has 2 aromatic rings. The largest absolute Gasteiger partial charge is 0.368 e. The van der Waals surface area contributed by atoms with E-state index in [2.05, 4.69) is 11.0 Å². The lowest BCUT2D eigenvalue weighted by Gasteiger charge is -2.37. The third-order valence-electron chi connectivity index (χ3n) is 5.78. The summed E-state index contributed by atoms with van der Waals surface area (Å²) in [5.74, 6) is -0.468. The van der Waals surface area contributed by atoms with Crippen molar-refractivity contribution in [3.05, 3.63) is 59.4 Å². The summed E-state index contributed by atoms with van der Waals surface area (Å²) < 4.78 is 13.1. The minimum Gasteiger partial charge on any atom is -0.368 e. The minimum absolute atomic E-state index is 0.0123. The number of nitrogens with zero attached hydrogens (tertiary/aromatic N) is 3. The second-order valence-corrected chi connectivity index (χ2v) is 8.04. The van der Waals surface area contributed by atoms with Crippen LogP contribution in [0, 0.1) is 25.6 Å². The number of hydrogen-bond donors (Lipinski definition) is 0. The van der Waals surface area contributed by atoms with Crippen LogP contribution >= 0.6 is 0 Å². The molecule has 2 saturated heterocycles. The zero-order valence-corrected chi connectivity index (χ0v) is 16.9. The fraction of sp³-hybridized carbons (Fsp3) is 0.391.